The van der Waals surface area contributed by atoms with E-state index >= 15 is 0 Å². The van der Waals surface area contributed by atoms with Gasteiger partial charge >= 0.3 is 6.03 Å². The summed E-state index contributed by atoms with van der Waals surface area (Å²) in [7, 11) is 0. The van der Waals surface area contributed by atoms with Crippen molar-refractivity contribution in [2.45, 2.75) is 25.9 Å². The number of hydrogen-bond acceptors (Lipinski definition) is 5. The molecule has 27 heavy (non-hydrogen) atoms. The minimum atomic E-state index is -1.11. The van der Waals surface area contributed by atoms with E-state index in [0.29, 0.717) is 5.82 Å². The average Bonchev–Trinajstić information content (AvgIpc) is 3.22. The smallest absolute Gasteiger partial charge is 0.325 e. The number of urea groups is 1. The molecule has 4 rings (SSSR count). The highest BCUT2D eigenvalue weighted by Gasteiger charge is 2.49. The first kappa shape index (κ1) is 17.0. The van der Waals surface area contributed by atoms with Crippen LogP contribution in [-0.4, -0.2) is 27.0 Å². The molecule has 1 aliphatic heterocycles. The van der Waals surface area contributed by atoms with Crippen molar-refractivity contribution in [3.05, 3.63) is 71.6 Å². The number of amides is 3. The Morgan fingerprint density at radius 3 is 2.52 bits per heavy atom. The Morgan fingerprint density at radius 2 is 1.78 bits per heavy atom. The fourth-order valence-corrected chi connectivity index (χ4v) is 3.20. The maximum Gasteiger partial charge on any atom is 0.325 e. The second-order valence-corrected chi connectivity index (χ2v) is 6.64. The third-order valence-electron chi connectivity index (χ3n) is 4.77. The lowest BCUT2D eigenvalue weighted by molar-refractivity contribution is -0.131. The Bertz CT molecular complexity index is 1010. The average molecular weight is 362 g/mol. The Morgan fingerprint density at radius 1 is 1.07 bits per heavy atom. The first-order chi connectivity index (χ1) is 13.0. The number of nitrogens with one attached hydrogen (secondary N) is 1. The Kier molecular flexibility index (Phi) is 3.99. The van der Waals surface area contributed by atoms with Crippen LogP contribution in [0.4, 0.5) is 4.79 Å². The monoisotopic (exact) mass is 362 g/mol. The van der Waals surface area contributed by atoms with E-state index in [4.69, 9.17) is 4.52 Å². The molecule has 7 nitrogen and oxygen atoms in total. The molecular formula is C20H18N4O3. The minimum absolute atomic E-state index is 0.0774. The predicted octanol–water partition coefficient (Wildman–Crippen LogP) is 3.01. The zero-order chi connectivity index (χ0) is 19.0. The molecule has 1 atom stereocenters. The van der Waals surface area contributed by atoms with Gasteiger partial charge in [-0.2, -0.15) is 4.98 Å². The Balaban J connectivity index is 1.58. The SMILES string of the molecule is Cc1ccccc1-c1noc(CN2C(=O)N[C@@](C)(c3ccccc3)C2=O)n1. The van der Waals surface area contributed by atoms with Crippen LogP contribution < -0.4 is 5.32 Å². The van der Waals surface area contributed by atoms with Gasteiger partial charge in [-0.3, -0.25) is 9.69 Å². The molecule has 3 amide bonds. The largest absolute Gasteiger partial charge is 0.337 e. The molecule has 136 valence electrons. The normalized spacial score (nSPS) is 19.4. The first-order valence-electron chi connectivity index (χ1n) is 8.57. The third-order valence-corrected chi connectivity index (χ3v) is 4.77. The highest BCUT2D eigenvalue weighted by atomic mass is 16.5. The molecule has 0 bridgehead atoms. The fraction of sp³-hybridized carbons (Fsp3) is 0.200. The maximum absolute atomic E-state index is 12.9. The first-order valence-corrected chi connectivity index (χ1v) is 8.57. The molecule has 1 N–H and O–H groups in total. The van der Waals surface area contributed by atoms with Crippen LogP contribution in [0.1, 0.15) is 23.9 Å². The van der Waals surface area contributed by atoms with Gasteiger partial charge in [0, 0.05) is 5.56 Å². The van der Waals surface area contributed by atoms with Crippen LogP contribution in [0.25, 0.3) is 11.4 Å². The molecular weight excluding hydrogens is 344 g/mol. The molecule has 0 saturated carbocycles. The van der Waals surface area contributed by atoms with Gasteiger partial charge in [-0.25, -0.2) is 4.79 Å². The lowest BCUT2D eigenvalue weighted by Crippen LogP contribution is -2.40. The van der Waals surface area contributed by atoms with E-state index in [0.717, 1.165) is 21.6 Å². The Labute approximate surface area is 156 Å². The topological polar surface area (TPSA) is 88.3 Å². The van der Waals surface area contributed by atoms with Crippen molar-refractivity contribution in [2.75, 3.05) is 0 Å². The highest BCUT2D eigenvalue weighted by molar-refractivity contribution is 6.07. The van der Waals surface area contributed by atoms with Crippen molar-refractivity contribution in [3.63, 3.8) is 0 Å². The van der Waals surface area contributed by atoms with Crippen LogP contribution in [-0.2, 0) is 16.9 Å². The third kappa shape index (κ3) is 2.87. The van der Waals surface area contributed by atoms with Gasteiger partial charge in [0.25, 0.3) is 5.91 Å². The van der Waals surface area contributed by atoms with Crippen molar-refractivity contribution < 1.29 is 14.1 Å². The van der Waals surface area contributed by atoms with E-state index in [2.05, 4.69) is 15.5 Å². The Hall–Kier alpha value is -3.48. The van der Waals surface area contributed by atoms with Gasteiger partial charge in [0.2, 0.25) is 11.7 Å². The summed E-state index contributed by atoms with van der Waals surface area (Å²) in [5.41, 5.74) is 1.46. The lowest BCUT2D eigenvalue weighted by Gasteiger charge is -2.21. The van der Waals surface area contributed by atoms with Gasteiger partial charge in [-0.15, -0.1) is 0 Å². The van der Waals surface area contributed by atoms with Crippen LogP contribution in [0.3, 0.4) is 0 Å². The molecule has 1 saturated heterocycles. The van der Waals surface area contributed by atoms with Crippen molar-refractivity contribution >= 4 is 11.9 Å². The van der Waals surface area contributed by atoms with E-state index in [1.807, 2.05) is 61.5 Å². The van der Waals surface area contributed by atoms with Gasteiger partial charge in [-0.1, -0.05) is 59.8 Å². The number of carbonyl (C=O) groups is 2. The van der Waals surface area contributed by atoms with E-state index < -0.39 is 11.6 Å². The minimum Gasteiger partial charge on any atom is -0.337 e. The summed E-state index contributed by atoms with van der Waals surface area (Å²) in [5.74, 6) is 0.282. The zero-order valence-electron chi connectivity index (χ0n) is 15.0. The van der Waals surface area contributed by atoms with E-state index in [-0.39, 0.29) is 18.3 Å². The summed E-state index contributed by atoms with van der Waals surface area (Å²) in [6.07, 6.45) is 0. The predicted molar refractivity (Wildman–Crippen MR) is 97.3 cm³/mol. The number of rotatable bonds is 4. The molecule has 1 aliphatic rings. The van der Waals surface area contributed by atoms with E-state index in [1.165, 1.54) is 0 Å². The number of aromatic nitrogens is 2. The summed E-state index contributed by atoms with van der Waals surface area (Å²) >= 11 is 0. The van der Waals surface area contributed by atoms with Crippen LogP contribution in [0.5, 0.6) is 0 Å². The van der Waals surface area contributed by atoms with Crippen LogP contribution in [0.2, 0.25) is 0 Å². The molecule has 3 aromatic rings. The molecule has 2 aromatic carbocycles. The molecule has 0 aliphatic carbocycles. The molecule has 0 radical (unpaired) electrons. The highest BCUT2D eigenvalue weighted by Crippen LogP contribution is 2.29. The van der Waals surface area contributed by atoms with Gasteiger partial charge in [-0.05, 0) is 25.0 Å². The summed E-state index contributed by atoms with van der Waals surface area (Å²) in [5, 5.41) is 6.74. The van der Waals surface area contributed by atoms with Gasteiger partial charge in [0.05, 0.1) is 0 Å². The summed E-state index contributed by atoms with van der Waals surface area (Å²) < 4.78 is 5.27. The standard InChI is InChI=1S/C20H18N4O3/c1-13-8-6-7-11-15(13)17-21-16(27-23-17)12-24-18(25)20(2,22-19(24)26)14-9-4-3-5-10-14/h3-11H,12H2,1-2H3,(H,22,26)/t20-/m0/s1. The molecule has 2 heterocycles. The summed E-state index contributed by atoms with van der Waals surface area (Å²) in [6, 6.07) is 16.3. The van der Waals surface area contributed by atoms with Crippen molar-refractivity contribution in [3.8, 4) is 11.4 Å². The van der Waals surface area contributed by atoms with E-state index in [9.17, 15) is 9.59 Å². The number of hydrogen-bond donors (Lipinski definition) is 1. The molecule has 1 fully saturated rings. The number of benzene rings is 2. The van der Waals surface area contributed by atoms with Crippen molar-refractivity contribution in [2.24, 2.45) is 0 Å². The zero-order valence-corrected chi connectivity index (χ0v) is 15.0. The number of nitrogens with zero attached hydrogens (tertiary/aromatic N) is 3. The lowest BCUT2D eigenvalue weighted by atomic mass is 9.92. The molecule has 0 unspecified atom stereocenters. The molecule has 7 heteroatoms. The summed E-state index contributed by atoms with van der Waals surface area (Å²) in [4.78, 5) is 30.8. The maximum atomic E-state index is 12.9. The quantitative estimate of drug-likeness (QED) is 0.721. The summed E-state index contributed by atoms with van der Waals surface area (Å²) in [6.45, 7) is 3.56. The molecule has 0 spiro atoms. The van der Waals surface area contributed by atoms with Gasteiger partial charge < -0.3 is 9.84 Å². The number of carbonyl (C=O) groups excluding carboxylic acids is 2. The van der Waals surface area contributed by atoms with E-state index in [1.54, 1.807) is 6.92 Å². The fourth-order valence-electron chi connectivity index (χ4n) is 3.20. The van der Waals surface area contributed by atoms with Gasteiger partial charge in [0.15, 0.2) is 0 Å². The molecule has 1 aromatic heterocycles. The van der Waals surface area contributed by atoms with Crippen LogP contribution >= 0.6 is 0 Å². The van der Waals surface area contributed by atoms with Crippen molar-refractivity contribution in [1.29, 1.82) is 0 Å². The van der Waals surface area contributed by atoms with Gasteiger partial charge in [0.1, 0.15) is 12.1 Å². The van der Waals surface area contributed by atoms with Crippen LogP contribution in [0, 0.1) is 6.92 Å². The number of aryl methyl sites for hydroxylation is 1. The van der Waals surface area contributed by atoms with Crippen LogP contribution in [0.15, 0.2) is 59.1 Å². The second-order valence-electron chi connectivity index (χ2n) is 6.64. The second kappa shape index (κ2) is 6.35. The number of imide groups is 1. The van der Waals surface area contributed by atoms with Crippen molar-refractivity contribution in [1.82, 2.24) is 20.4 Å².